The summed E-state index contributed by atoms with van der Waals surface area (Å²) in [5, 5.41) is 6.05. The van der Waals surface area contributed by atoms with E-state index >= 15 is 0 Å². The zero-order valence-corrected chi connectivity index (χ0v) is 12.6. The Bertz CT molecular complexity index is 559. The average molecular weight is 346 g/mol. The van der Waals surface area contributed by atoms with Crippen molar-refractivity contribution in [2.45, 2.75) is 13.0 Å². The highest BCUT2D eigenvalue weighted by molar-refractivity contribution is 9.10. The third-order valence-electron chi connectivity index (χ3n) is 2.34. The van der Waals surface area contributed by atoms with Crippen LogP contribution >= 0.6 is 38.9 Å². The molecule has 2 rings (SSSR count). The maximum atomic E-state index is 12.1. The molecule has 1 N–H and O–H groups in total. The molecule has 2 aromatic rings. The SMILES string of the molecule is CC(NC(=O)c1cc(Br)ccc1Cl)c1nccs1. The fourth-order valence-electron chi connectivity index (χ4n) is 1.46. The number of nitrogens with one attached hydrogen (secondary N) is 1. The van der Waals surface area contributed by atoms with Gasteiger partial charge in [-0.25, -0.2) is 4.98 Å². The van der Waals surface area contributed by atoms with E-state index < -0.39 is 0 Å². The normalized spacial score (nSPS) is 12.2. The summed E-state index contributed by atoms with van der Waals surface area (Å²) in [7, 11) is 0. The number of carbonyl (C=O) groups is 1. The van der Waals surface area contributed by atoms with Gasteiger partial charge < -0.3 is 5.32 Å². The second-order valence-electron chi connectivity index (χ2n) is 3.69. The van der Waals surface area contributed by atoms with Gasteiger partial charge in [0.25, 0.3) is 5.91 Å². The molecule has 0 fully saturated rings. The Balaban J connectivity index is 2.15. The molecule has 0 radical (unpaired) electrons. The van der Waals surface area contributed by atoms with Crippen LogP contribution in [0.5, 0.6) is 0 Å². The number of aromatic nitrogens is 1. The second kappa shape index (κ2) is 5.82. The molecule has 0 spiro atoms. The molecule has 0 aliphatic carbocycles. The molecule has 1 atom stereocenters. The predicted molar refractivity (Wildman–Crippen MR) is 77.1 cm³/mol. The first-order chi connectivity index (χ1) is 8.58. The van der Waals surface area contributed by atoms with Gasteiger partial charge in [0.1, 0.15) is 5.01 Å². The molecule has 6 heteroatoms. The van der Waals surface area contributed by atoms with Gasteiger partial charge in [0.2, 0.25) is 0 Å². The van der Waals surface area contributed by atoms with Gasteiger partial charge in [0, 0.05) is 16.0 Å². The molecule has 0 saturated carbocycles. The minimum Gasteiger partial charge on any atom is -0.343 e. The quantitative estimate of drug-likeness (QED) is 0.912. The van der Waals surface area contributed by atoms with Gasteiger partial charge in [0.15, 0.2) is 0 Å². The fraction of sp³-hybridized carbons (Fsp3) is 0.167. The third kappa shape index (κ3) is 3.10. The third-order valence-corrected chi connectivity index (χ3v) is 4.12. The van der Waals surface area contributed by atoms with Crippen LogP contribution in [0.2, 0.25) is 5.02 Å². The van der Waals surface area contributed by atoms with Gasteiger partial charge in [0.05, 0.1) is 16.6 Å². The molecule has 94 valence electrons. The largest absolute Gasteiger partial charge is 0.343 e. The van der Waals surface area contributed by atoms with Crippen molar-refractivity contribution in [1.29, 1.82) is 0 Å². The molecule has 1 amide bonds. The summed E-state index contributed by atoms with van der Waals surface area (Å²) in [5.41, 5.74) is 0.453. The first-order valence-electron chi connectivity index (χ1n) is 5.23. The monoisotopic (exact) mass is 344 g/mol. The van der Waals surface area contributed by atoms with Crippen molar-refractivity contribution < 1.29 is 4.79 Å². The van der Waals surface area contributed by atoms with Crippen LogP contribution in [0.4, 0.5) is 0 Å². The van der Waals surface area contributed by atoms with Crippen molar-refractivity contribution in [3.63, 3.8) is 0 Å². The molecular weight excluding hydrogens is 336 g/mol. The minimum absolute atomic E-state index is 0.132. The Morgan fingerprint density at radius 2 is 2.33 bits per heavy atom. The molecule has 0 aliphatic heterocycles. The lowest BCUT2D eigenvalue weighted by Gasteiger charge is -2.12. The van der Waals surface area contributed by atoms with Crippen LogP contribution < -0.4 is 5.32 Å². The van der Waals surface area contributed by atoms with Crippen molar-refractivity contribution in [2.75, 3.05) is 0 Å². The highest BCUT2D eigenvalue weighted by Gasteiger charge is 2.15. The summed E-state index contributed by atoms with van der Waals surface area (Å²) in [6, 6.07) is 5.05. The Morgan fingerprint density at radius 3 is 3.00 bits per heavy atom. The summed E-state index contributed by atoms with van der Waals surface area (Å²) in [4.78, 5) is 16.2. The van der Waals surface area contributed by atoms with Crippen LogP contribution in [-0.2, 0) is 0 Å². The van der Waals surface area contributed by atoms with E-state index in [-0.39, 0.29) is 11.9 Å². The molecule has 0 saturated heterocycles. The molecule has 1 unspecified atom stereocenters. The lowest BCUT2D eigenvalue weighted by Crippen LogP contribution is -2.26. The van der Waals surface area contributed by atoms with Crippen LogP contribution in [0.25, 0.3) is 0 Å². The van der Waals surface area contributed by atoms with Gasteiger partial charge in [-0.15, -0.1) is 11.3 Å². The van der Waals surface area contributed by atoms with E-state index in [4.69, 9.17) is 11.6 Å². The van der Waals surface area contributed by atoms with Crippen LogP contribution in [0, 0.1) is 0 Å². The molecule has 0 aliphatic rings. The van der Waals surface area contributed by atoms with E-state index in [1.807, 2.05) is 12.3 Å². The van der Waals surface area contributed by atoms with Crippen molar-refractivity contribution in [3.8, 4) is 0 Å². The predicted octanol–water partition coefficient (Wildman–Crippen LogP) is 4.05. The first-order valence-corrected chi connectivity index (χ1v) is 7.28. The second-order valence-corrected chi connectivity index (χ2v) is 5.94. The number of hydrogen-bond donors (Lipinski definition) is 1. The van der Waals surface area contributed by atoms with Crippen LogP contribution in [0.1, 0.15) is 28.3 Å². The molecule has 1 aromatic carbocycles. The number of hydrogen-bond acceptors (Lipinski definition) is 3. The molecule has 1 aromatic heterocycles. The number of benzene rings is 1. The Morgan fingerprint density at radius 1 is 1.56 bits per heavy atom. The lowest BCUT2D eigenvalue weighted by molar-refractivity contribution is 0.0940. The number of carbonyl (C=O) groups excluding carboxylic acids is 1. The van der Waals surface area contributed by atoms with Gasteiger partial charge in [-0.1, -0.05) is 27.5 Å². The number of nitrogens with zero attached hydrogens (tertiary/aromatic N) is 1. The number of halogens is 2. The van der Waals surface area contributed by atoms with Crippen LogP contribution in [0.15, 0.2) is 34.2 Å². The van der Waals surface area contributed by atoms with Crippen molar-refractivity contribution in [2.24, 2.45) is 0 Å². The summed E-state index contributed by atoms with van der Waals surface area (Å²) in [6.07, 6.45) is 1.72. The Kier molecular flexibility index (Phi) is 4.37. The van der Waals surface area contributed by atoms with Crippen molar-refractivity contribution in [3.05, 3.63) is 49.8 Å². The molecule has 3 nitrogen and oxygen atoms in total. The van der Waals surface area contributed by atoms with Crippen LogP contribution in [-0.4, -0.2) is 10.9 Å². The number of rotatable bonds is 3. The number of thiazole rings is 1. The zero-order chi connectivity index (χ0) is 13.1. The standard InChI is InChI=1S/C12H10BrClN2OS/c1-7(12-15-4-5-18-12)16-11(17)9-6-8(13)2-3-10(9)14/h2-7H,1H3,(H,16,17). The molecule has 1 heterocycles. The zero-order valence-electron chi connectivity index (χ0n) is 9.48. The van der Waals surface area contributed by atoms with Crippen molar-refractivity contribution in [1.82, 2.24) is 10.3 Å². The average Bonchev–Trinajstić information content (AvgIpc) is 2.85. The minimum atomic E-state index is -0.205. The summed E-state index contributed by atoms with van der Waals surface area (Å²) < 4.78 is 0.818. The smallest absolute Gasteiger partial charge is 0.253 e. The van der Waals surface area contributed by atoms with Gasteiger partial charge >= 0.3 is 0 Å². The summed E-state index contributed by atoms with van der Waals surface area (Å²) in [6.45, 7) is 1.89. The maximum Gasteiger partial charge on any atom is 0.253 e. The highest BCUT2D eigenvalue weighted by Crippen LogP contribution is 2.22. The van der Waals surface area contributed by atoms with E-state index in [2.05, 4.69) is 26.2 Å². The number of amides is 1. The van der Waals surface area contributed by atoms with E-state index in [0.29, 0.717) is 10.6 Å². The van der Waals surface area contributed by atoms with E-state index in [9.17, 15) is 4.79 Å². The maximum absolute atomic E-state index is 12.1. The first kappa shape index (κ1) is 13.5. The molecular formula is C12H10BrClN2OS. The molecule has 0 bridgehead atoms. The van der Waals surface area contributed by atoms with Gasteiger partial charge in [-0.2, -0.15) is 0 Å². The van der Waals surface area contributed by atoms with Crippen molar-refractivity contribution >= 4 is 44.8 Å². The van der Waals surface area contributed by atoms with Gasteiger partial charge in [-0.3, -0.25) is 4.79 Å². The Labute approximate surface area is 122 Å². The lowest BCUT2D eigenvalue weighted by atomic mass is 10.2. The topological polar surface area (TPSA) is 42.0 Å². The van der Waals surface area contributed by atoms with Crippen LogP contribution in [0.3, 0.4) is 0 Å². The highest BCUT2D eigenvalue weighted by atomic mass is 79.9. The Hall–Kier alpha value is -0.910. The van der Waals surface area contributed by atoms with E-state index in [0.717, 1.165) is 9.48 Å². The summed E-state index contributed by atoms with van der Waals surface area (Å²) >= 11 is 10.8. The van der Waals surface area contributed by atoms with E-state index in [1.165, 1.54) is 11.3 Å². The summed E-state index contributed by atoms with van der Waals surface area (Å²) in [5.74, 6) is -0.205. The molecule has 18 heavy (non-hydrogen) atoms. The van der Waals surface area contributed by atoms with E-state index in [1.54, 1.807) is 24.4 Å². The van der Waals surface area contributed by atoms with Gasteiger partial charge in [-0.05, 0) is 25.1 Å². The fourth-order valence-corrected chi connectivity index (χ4v) is 2.67.